The van der Waals surface area contributed by atoms with E-state index in [4.69, 9.17) is 16.0 Å². The molecule has 0 saturated carbocycles. The van der Waals surface area contributed by atoms with E-state index in [1.807, 2.05) is 54.7 Å². The average Bonchev–Trinajstić information content (AvgIpc) is 3.18. The number of pyridine rings is 1. The number of halogens is 1. The molecule has 0 fully saturated rings. The highest BCUT2D eigenvalue weighted by Gasteiger charge is 2.22. The minimum Gasteiger partial charge on any atom is -0.469 e. The summed E-state index contributed by atoms with van der Waals surface area (Å²) >= 11 is 5.98. The third-order valence-corrected chi connectivity index (χ3v) is 4.49. The maximum atomic E-state index is 12.8. The largest absolute Gasteiger partial charge is 0.469 e. The number of furan rings is 1. The van der Waals surface area contributed by atoms with Crippen LogP contribution in [0.1, 0.15) is 29.2 Å². The highest BCUT2D eigenvalue weighted by atomic mass is 35.5. The van der Waals surface area contributed by atoms with Gasteiger partial charge in [-0.3, -0.25) is 9.78 Å². The molecule has 2 aromatic heterocycles. The summed E-state index contributed by atoms with van der Waals surface area (Å²) < 4.78 is 5.43. The smallest absolute Gasteiger partial charge is 0.228 e. The van der Waals surface area contributed by atoms with Gasteiger partial charge in [0.05, 0.1) is 12.2 Å². The van der Waals surface area contributed by atoms with Crippen molar-refractivity contribution in [2.75, 3.05) is 6.54 Å². The van der Waals surface area contributed by atoms with Gasteiger partial charge in [-0.15, -0.1) is 0 Å². The van der Waals surface area contributed by atoms with Crippen LogP contribution >= 0.6 is 11.6 Å². The molecule has 134 valence electrons. The highest BCUT2D eigenvalue weighted by molar-refractivity contribution is 6.30. The van der Waals surface area contributed by atoms with Gasteiger partial charge in [0.25, 0.3) is 0 Å². The Hall–Kier alpha value is -2.59. The minimum absolute atomic E-state index is 0.00471. The van der Waals surface area contributed by atoms with Crippen molar-refractivity contribution in [3.63, 3.8) is 0 Å². The molecule has 0 aliphatic rings. The molecule has 0 radical (unpaired) electrons. The molecule has 0 aliphatic heterocycles. The number of carbonyl (C=O) groups is 1. The molecular formula is C21H21ClN2O2. The lowest BCUT2D eigenvalue weighted by Gasteiger charge is -2.16. The van der Waals surface area contributed by atoms with Crippen molar-refractivity contribution >= 4 is 17.5 Å². The van der Waals surface area contributed by atoms with Gasteiger partial charge in [0, 0.05) is 30.4 Å². The molecule has 1 unspecified atom stereocenters. The Bertz CT molecular complexity index is 802. The molecule has 1 atom stereocenters. The number of hydrogen-bond acceptors (Lipinski definition) is 3. The molecule has 0 aliphatic carbocycles. The van der Waals surface area contributed by atoms with Gasteiger partial charge in [0.1, 0.15) is 5.76 Å². The Morgan fingerprint density at radius 2 is 2.00 bits per heavy atom. The first-order chi connectivity index (χ1) is 12.7. The number of hydrogen-bond donors (Lipinski definition) is 1. The molecule has 26 heavy (non-hydrogen) atoms. The third kappa shape index (κ3) is 5.20. The molecule has 4 nitrogen and oxygen atoms in total. The number of benzene rings is 1. The predicted molar refractivity (Wildman–Crippen MR) is 102 cm³/mol. The first-order valence-electron chi connectivity index (χ1n) is 8.67. The molecule has 1 N–H and O–H groups in total. The Kier molecular flexibility index (Phi) is 6.45. The Morgan fingerprint density at radius 3 is 2.69 bits per heavy atom. The van der Waals surface area contributed by atoms with Crippen LogP contribution in [0.5, 0.6) is 0 Å². The van der Waals surface area contributed by atoms with Crippen LogP contribution in [-0.2, 0) is 17.6 Å². The van der Waals surface area contributed by atoms with E-state index in [9.17, 15) is 4.79 Å². The standard InChI is InChI=1S/C21H21ClN2O2/c22-18-9-7-17(8-10-18)20(14-19-6-3-13-26-19)21(25)24-12-2-5-16-4-1-11-23-15-16/h1,3-4,6-11,13,15,20H,2,5,12,14H2,(H,24,25). The van der Waals surface area contributed by atoms with E-state index in [-0.39, 0.29) is 11.8 Å². The fraction of sp³-hybridized carbons (Fsp3) is 0.238. The quantitative estimate of drug-likeness (QED) is 0.599. The van der Waals surface area contributed by atoms with Crippen LogP contribution in [0, 0.1) is 0 Å². The van der Waals surface area contributed by atoms with Crippen molar-refractivity contribution in [3.8, 4) is 0 Å². The molecule has 3 rings (SSSR count). The topological polar surface area (TPSA) is 55.1 Å². The lowest BCUT2D eigenvalue weighted by atomic mass is 9.93. The average molecular weight is 369 g/mol. The number of amides is 1. The normalized spacial score (nSPS) is 11.9. The van der Waals surface area contributed by atoms with E-state index in [1.165, 1.54) is 5.56 Å². The first-order valence-corrected chi connectivity index (χ1v) is 9.04. The molecule has 0 spiro atoms. The zero-order valence-electron chi connectivity index (χ0n) is 14.4. The molecule has 2 heterocycles. The van der Waals surface area contributed by atoms with E-state index < -0.39 is 0 Å². The van der Waals surface area contributed by atoms with Crippen LogP contribution in [0.4, 0.5) is 0 Å². The van der Waals surface area contributed by atoms with Gasteiger partial charge in [-0.1, -0.05) is 29.8 Å². The van der Waals surface area contributed by atoms with Crippen molar-refractivity contribution < 1.29 is 9.21 Å². The zero-order chi connectivity index (χ0) is 18.2. The van der Waals surface area contributed by atoms with E-state index in [0.717, 1.165) is 24.2 Å². The van der Waals surface area contributed by atoms with Crippen molar-refractivity contribution in [2.24, 2.45) is 0 Å². The minimum atomic E-state index is -0.309. The predicted octanol–water partition coefficient (Wildman–Crippen LogP) is 4.40. The maximum absolute atomic E-state index is 12.8. The van der Waals surface area contributed by atoms with Gasteiger partial charge in [-0.25, -0.2) is 0 Å². The summed E-state index contributed by atoms with van der Waals surface area (Å²) in [6, 6.07) is 15.1. The van der Waals surface area contributed by atoms with Gasteiger partial charge in [-0.2, -0.15) is 0 Å². The molecular weight excluding hydrogens is 348 g/mol. The van der Waals surface area contributed by atoms with E-state index in [1.54, 1.807) is 12.5 Å². The van der Waals surface area contributed by atoms with Gasteiger partial charge >= 0.3 is 0 Å². The molecule has 0 saturated heterocycles. The van der Waals surface area contributed by atoms with E-state index in [2.05, 4.69) is 10.3 Å². The summed E-state index contributed by atoms with van der Waals surface area (Å²) in [5, 5.41) is 3.70. The summed E-state index contributed by atoms with van der Waals surface area (Å²) in [4.78, 5) is 16.9. The number of aromatic nitrogens is 1. The lowest BCUT2D eigenvalue weighted by Crippen LogP contribution is -2.31. The fourth-order valence-corrected chi connectivity index (χ4v) is 2.99. The Balaban J connectivity index is 1.60. The van der Waals surface area contributed by atoms with Crippen LogP contribution < -0.4 is 5.32 Å². The summed E-state index contributed by atoms with van der Waals surface area (Å²) in [6.45, 7) is 0.621. The first kappa shape index (κ1) is 18.2. The molecule has 0 bridgehead atoms. The second-order valence-electron chi connectivity index (χ2n) is 6.14. The van der Waals surface area contributed by atoms with Crippen LogP contribution in [0.15, 0.2) is 71.6 Å². The fourth-order valence-electron chi connectivity index (χ4n) is 2.86. The second-order valence-corrected chi connectivity index (χ2v) is 6.58. The van der Waals surface area contributed by atoms with Gasteiger partial charge in [0.2, 0.25) is 5.91 Å². The van der Waals surface area contributed by atoms with Crippen molar-refractivity contribution in [2.45, 2.75) is 25.2 Å². The molecule has 3 aromatic rings. The number of nitrogens with zero attached hydrogens (tertiary/aromatic N) is 1. The number of rotatable bonds is 8. The number of carbonyl (C=O) groups excluding carboxylic acids is 1. The summed E-state index contributed by atoms with van der Waals surface area (Å²) in [5.74, 6) is 0.474. The Morgan fingerprint density at radius 1 is 1.15 bits per heavy atom. The van der Waals surface area contributed by atoms with Crippen LogP contribution in [0.25, 0.3) is 0 Å². The summed E-state index contributed by atoms with van der Waals surface area (Å²) in [7, 11) is 0. The maximum Gasteiger partial charge on any atom is 0.228 e. The molecule has 5 heteroatoms. The Labute approximate surface area is 158 Å². The van der Waals surface area contributed by atoms with Crippen LogP contribution in [-0.4, -0.2) is 17.4 Å². The van der Waals surface area contributed by atoms with E-state index in [0.29, 0.717) is 18.0 Å². The number of aryl methyl sites for hydroxylation is 1. The van der Waals surface area contributed by atoms with E-state index >= 15 is 0 Å². The van der Waals surface area contributed by atoms with Crippen molar-refractivity contribution in [1.82, 2.24) is 10.3 Å². The monoisotopic (exact) mass is 368 g/mol. The third-order valence-electron chi connectivity index (χ3n) is 4.24. The highest BCUT2D eigenvalue weighted by Crippen LogP contribution is 2.23. The zero-order valence-corrected chi connectivity index (χ0v) is 15.2. The van der Waals surface area contributed by atoms with Gasteiger partial charge in [-0.05, 0) is 54.3 Å². The summed E-state index contributed by atoms with van der Waals surface area (Å²) in [5.41, 5.74) is 2.10. The van der Waals surface area contributed by atoms with Crippen LogP contribution in [0.2, 0.25) is 5.02 Å². The summed E-state index contributed by atoms with van der Waals surface area (Å²) in [6.07, 6.45) is 7.51. The van der Waals surface area contributed by atoms with Crippen molar-refractivity contribution in [1.29, 1.82) is 0 Å². The van der Waals surface area contributed by atoms with Gasteiger partial charge in [0.15, 0.2) is 0 Å². The molecule has 1 amide bonds. The second kappa shape index (κ2) is 9.20. The van der Waals surface area contributed by atoms with Crippen LogP contribution in [0.3, 0.4) is 0 Å². The lowest BCUT2D eigenvalue weighted by molar-refractivity contribution is -0.122. The van der Waals surface area contributed by atoms with Crippen molar-refractivity contribution in [3.05, 3.63) is 89.1 Å². The molecule has 1 aromatic carbocycles. The number of nitrogens with one attached hydrogen (secondary N) is 1. The SMILES string of the molecule is O=C(NCCCc1cccnc1)C(Cc1ccco1)c1ccc(Cl)cc1. The van der Waals surface area contributed by atoms with Gasteiger partial charge < -0.3 is 9.73 Å².